The summed E-state index contributed by atoms with van der Waals surface area (Å²) in [5.74, 6) is 0.877. The molecule has 30 heavy (non-hydrogen) atoms. The van der Waals surface area contributed by atoms with Crippen molar-refractivity contribution < 1.29 is 4.74 Å². The summed E-state index contributed by atoms with van der Waals surface area (Å²) < 4.78 is 6.86. The molecule has 8 heteroatoms. The van der Waals surface area contributed by atoms with Gasteiger partial charge in [-0.1, -0.05) is 24.6 Å². The van der Waals surface area contributed by atoms with Crippen LogP contribution in [0.2, 0.25) is 0 Å². The van der Waals surface area contributed by atoms with E-state index in [1.165, 1.54) is 43.5 Å². The van der Waals surface area contributed by atoms with Gasteiger partial charge in [-0.15, -0.1) is 0 Å². The Labute approximate surface area is 175 Å². The number of hydrogen-bond donors (Lipinski definition) is 2. The molecule has 1 atom stereocenters. The Morgan fingerprint density at radius 1 is 1.33 bits per heavy atom. The molecule has 2 aliphatic rings. The van der Waals surface area contributed by atoms with Crippen LogP contribution < -0.4 is 20.5 Å². The van der Waals surface area contributed by atoms with Gasteiger partial charge >= 0.3 is 0 Å². The van der Waals surface area contributed by atoms with E-state index in [1.54, 1.807) is 17.4 Å². The molecule has 1 aliphatic heterocycles. The van der Waals surface area contributed by atoms with Gasteiger partial charge in [0.1, 0.15) is 11.7 Å². The van der Waals surface area contributed by atoms with Crippen molar-refractivity contribution in [2.45, 2.75) is 31.7 Å². The monoisotopic (exact) mass is 406 g/mol. The molecule has 1 aliphatic carbocycles. The second-order valence-corrected chi connectivity index (χ2v) is 7.50. The van der Waals surface area contributed by atoms with E-state index < -0.39 is 0 Å². The molecule has 0 bridgehead atoms. The van der Waals surface area contributed by atoms with Crippen molar-refractivity contribution in [1.82, 2.24) is 15.1 Å². The second kappa shape index (κ2) is 8.94. The third-order valence-electron chi connectivity index (χ3n) is 5.59. The Hall–Kier alpha value is -3.42. The highest BCUT2D eigenvalue weighted by molar-refractivity contribution is 5.99. The third kappa shape index (κ3) is 3.98. The minimum Gasteiger partial charge on any atom is -0.491 e. The number of para-hydroxylation sites is 1. The van der Waals surface area contributed by atoms with Crippen LogP contribution >= 0.6 is 0 Å². The first-order valence-corrected chi connectivity index (χ1v) is 10.2. The molecule has 0 radical (unpaired) electrons. The van der Waals surface area contributed by atoms with Crippen molar-refractivity contribution >= 4 is 23.8 Å². The summed E-state index contributed by atoms with van der Waals surface area (Å²) >= 11 is 0. The fraction of sp³-hybridized carbons (Fsp3) is 0.364. The molecule has 8 nitrogen and oxygen atoms in total. The Kier molecular flexibility index (Phi) is 5.92. The lowest BCUT2D eigenvalue weighted by Crippen LogP contribution is -2.29. The average molecular weight is 406 g/mol. The SMILES string of the molecule is COc1cn(/C(C=N)=C/NCC2CCC2)nc(C2CC=NN2c2ccccc2)c1=O. The molecule has 1 saturated carbocycles. The summed E-state index contributed by atoms with van der Waals surface area (Å²) in [6.07, 6.45) is 10.6. The van der Waals surface area contributed by atoms with Gasteiger partial charge in [0.25, 0.3) is 0 Å². The van der Waals surface area contributed by atoms with Crippen LogP contribution in [0.4, 0.5) is 5.69 Å². The van der Waals surface area contributed by atoms with Crippen LogP contribution in [0.5, 0.6) is 5.75 Å². The van der Waals surface area contributed by atoms with Gasteiger partial charge in [0.2, 0.25) is 5.43 Å². The largest absolute Gasteiger partial charge is 0.491 e. The number of nitrogens with zero attached hydrogens (tertiary/aromatic N) is 4. The van der Waals surface area contributed by atoms with Crippen LogP contribution in [0.3, 0.4) is 0 Å². The maximum absolute atomic E-state index is 13.0. The number of anilines is 1. The molecule has 1 unspecified atom stereocenters. The normalized spacial score (nSPS) is 18.9. The van der Waals surface area contributed by atoms with Crippen LogP contribution in [0.1, 0.15) is 37.4 Å². The number of methoxy groups -OCH3 is 1. The van der Waals surface area contributed by atoms with E-state index in [-0.39, 0.29) is 17.2 Å². The predicted molar refractivity (Wildman–Crippen MR) is 118 cm³/mol. The first-order valence-electron chi connectivity index (χ1n) is 10.2. The summed E-state index contributed by atoms with van der Waals surface area (Å²) in [5, 5.41) is 21.9. The second-order valence-electron chi connectivity index (χ2n) is 7.50. The molecule has 2 aromatic rings. The topological polar surface area (TPSA) is 95.6 Å². The highest BCUT2D eigenvalue weighted by Crippen LogP contribution is 2.31. The van der Waals surface area contributed by atoms with E-state index in [2.05, 4.69) is 15.5 Å². The number of aromatic nitrogens is 2. The molecule has 1 aromatic carbocycles. The average Bonchev–Trinajstić information content (AvgIpc) is 3.23. The van der Waals surface area contributed by atoms with Crippen LogP contribution in [0, 0.1) is 11.3 Å². The Morgan fingerprint density at radius 3 is 2.80 bits per heavy atom. The fourth-order valence-corrected chi connectivity index (χ4v) is 3.65. The van der Waals surface area contributed by atoms with Crippen molar-refractivity contribution in [1.29, 1.82) is 5.41 Å². The maximum atomic E-state index is 13.0. The van der Waals surface area contributed by atoms with Gasteiger partial charge in [-0.3, -0.25) is 9.80 Å². The van der Waals surface area contributed by atoms with Crippen LogP contribution in [-0.2, 0) is 0 Å². The number of ether oxygens (including phenoxy) is 1. The molecule has 2 N–H and O–H groups in total. The Bertz CT molecular complexity index is 1010. The lowest BCUT2D eigenvalue weighted by Gasteiger charge is -2.25. The fourth-order valence-electron chi connectivity index (χ4n) is 3.65. The van der Waals surface area contributed by atoms with Crippen molar-refractivity contribution in [3.05, 3.63) is 58.6 Å². The number of allylic oxidation sites excluding steroid dienone is 1. The summed E-state index contributed by atoms with van der Waals surface area (Å²) in [5.41, 5.74) is 1.48. The van der Waals surface area contributed by atoms with Gasteiger partial charge in [0.15, 0.2) is 5.75 Å². The van der Waals surface area contributed by atoms with E-state index in [4.69, 9.17) is 10.1 Å². The summed E-state index contributed by atoms with van der Waals surface area (Å²) in [4.78, 5) is 13.0. The van der Waals surface area contributed by atoms with E-state index in [9.17, 15) is 4.79 Å². The first kappa shape index (κ1) is 19.9. The van der Waals surface area contributed by atoms with Crippen molar-refractivity contribution in [3.63, 3.8) is 0 Å². The lowest BCUT2D eigenvalue weighted by atomic mass is 9.85. The molecule has 4 rings (SSSR count). The van der Waals surface area contributed by atoms with E-state index in [0.29, 0.717) is 23.7 Å². The smallest absolute Gasteiger partial charge is 0.247 e. The van der Waals surface area contributed by atoms with Crippen LogP contribution in [0.15, 0.2) is 52.6 Å². The molecule has 0 spiro atoms. The van der Waals surface area contributed by atoms with Gasteiger partial charge in [-0.05, 0) is 30.9 Å². The number of benzene rings is 1. The Morgan fingerprint density at radius 2 is 2.13 bits per heavy atom. The first-order chi connectivity index (χ1) is 14.7. The van der Waals surface area contributed by atoms with Gasteiger partial charge in [-0.2, -0.15) is 10.2 Å². The maximum Gasteiger partial charge on any atom is 0.247 e. The van der Waals surface area contributed by atoms with E-state index in [0.717, 1.165) is 12.2 Å². The quantitative estimate of drug-likeness (QED) is 0.657. The highest BCUT2D eigenvalue weighted by atomic mass is 16.5. The molecular weight excluding hydrogens is 380 g/mol. The summed E-state index contributed by atoms with van der Waals surface area (Å²) in [6.45, 7) is 0.875. The van der Waals surface area contributed by atoms with Gasteiger partial charge in [-0.25, -0.2) is 4.68 Å². The minimum absolute atomic E-state index is 0.187. The molecule has 0 saturated heterocycles. The molecule has 2 heterocycles. The molecule has 0 amide bonds. The lowest BCUT2D eigenvalue weighted by molar-refractivity contribution is 0.312. The molecule has 156 valence electrons. The number of nitrogens with one attached hydrogen (secondary N) is 2. The van der Waals surface area contributed by atoms with Gasteiger partial charge in [0, 0.05) is 31.6 Å². The number of hydrogen-bond acceptors (Lipinski definition) is 7. The highest BCUT2D eigenvalue weighted by Gasteiger charge is 2.29. The molecular formula is C22H26N6O2. The van der Waals surface area contributed by atoms with Crippen molar-refractivity contribution in [2.24, 2.45) is 11.0 Å². The van der Waals surface area contributed by atoms with Gasteiger partial charge < -0.3 is 15.5 Å². The summed E-state index contributed by atoms with van der Waals surface area (Å²) in [6, 6.07) is 9.36. The van der Waals surface area contributed by atoms with E-state index >= 15 is 0 Å². The zero-order valence-electron chi connectivity index (χ0n) is 17.0. The standard InChI is InChI=1S/C22H26N6O2/c1-30-20-15-27(18(12-23)14-24-13-16-6-5-7-16)26-21(22(20)29)19-10-11-25-28(19)17-8-3-2-4-9-17/h2-4,8-9,11-12,14-16,19,23-24H,5-7,10,13H2,1H3/b18-14+,23-12?. The predicted octanol–water partition coefficient (Wildman–Crippen LogP) is 3.03. The number of hydrazone groups is 1. The summed E-state index contributed by atoms with van der Waals surface area (Å²) in [7, 11) is 1.47. The van der Waals surface area contributed by atoms with E-state index in [1.807, 2.05) is 30.3 Å². The third-order valence-corrected chi connectivity index (χ3v) is 5.59. The molecule has 1 fully saturated rings. The zero-order valence-corrected chi connectivity index (χ0v) is 17.0. The van der Waals surface area contributed by atoms with Gasteiger partial charge in [0.05, 0.1) is 24.7 Å². The van der Waals surface area contributed by atoms with Crippen molar-refractivity contribution in [3.8, 4) is 5.75 Å². The number of rotatable bonds is 8. The zero-order chi connectivity index (χ0) is 20.9. The molecule has 1 aromatic heterocycles. The Balaban J connectivity index is 1.67. The van der Waals surface area contributed by atoms with Crippen molar-refractivity contribution in [2.75, 3.05) is 18.7 Å². The minimum atomic E-state index is -0.337. The van der Waals surface area contributed by atoms with Crippen LogP contribution in [0.25, 0.3) is 5.70 Å². The van der Waals surface area contributed by atoms with Crippen LogP contribution in [-0.4, -0.2) is 35.9 Å².